The number of hydrogen-bond donors (Lipinski definition) is 2. The highest BCUT2D eigenvalue weighted by Crippen LogP contribution is 2.25. The topological polar surface area (TPSA) is 140 Å². The van der Waals surface area contributed by atoms with Crippen molar-refractivity contribution in [3.8, 4) is 0 Å². The second-order valence-electron chi connectivity index (χ2n) is 4.38. The van der Waals surface area contributed by atoms with Crippen molar-refractivity contribution in [1.82, 2.24) is 0 Å². The van der Waals surface area contributed by atoms with Crippen LogP contribution in [0.5, 0.6) is 0 Å². The Morgan fingerprint density at radius 3 is 1.95 bits per heavy atom. The zero-order valence-electron chi connectivity index (χ0n) is 10.7. The summed E-state index contributed by atoms with van der Waals surface area (Å²) in [7, 11) is -8.62. The molecule has 2 aromatic carbocycles. The SMILES string of the molecule is O.O=S(=O)(O)Cc1ccc2ccccc2c1CS(=O)(=O)O. The zero-order valence-corrected chi connectivity index (χ0v) is 12.4. The van der Waals surface area contributed by atoms with Gasteiger partial charge in [-0.15, -0.1) is 0 Å². The van der Waals surface area contributed by atoms with Crippen molar-refractivity contribution in [3.05, 3.63) is 47.5 Å². The molecule has 2 aromatic rings. The van der Waals surface area contributed by atoms with Gasteiger partial charge in [-0.25, -0.2) is 0 Å². The van der Waals surface area contributed by atoms with Gasteiger partial charge in [-0.1, -0.05) is 36.4 Å². The lowest BCUT2D eigenvalue weighted by Gasteiger charge is -2.11. The van der Waals surface area contributed by atoms with Crippen LogP contribution in [0.15, 0.2) is 36.4 Å². The van der Waals surface area contributed by atoms with E-state index in [4.69, 9.17) is 9.11 Å². The van der Waals surface area contributed by atoms with Crippen LogP contribution in [0.4, 0.5) is 0 Å². The molecule has 0 fully saturated rings. The second-order valence-corrected chi connectivity index (χ2v) is 7.28. The Kier molecular flexibility index (Phi) is 5.07. The molecule has 0 bridgehead atoms. The highest BCUT2D eigenvalue weighted by atomic mass is 32.2. The second kappa shape index (κ2) is 6.08. The summed E-state index contributed by atoms with van der Waals surface area (Å²) in [5.74, 6) is -1.41. The molecular formula is C12H14O7S2. The van der Waals surface area contributed by atoms with Crippen LogP contribution in [0.2, 0.25) is 0 Å². The monoisotopic (exact) mass is 334 g/mol. The van der Waals surface area contributed by atoms with Crippen LogP contribution < -0.4 is 0 Å². The Morgan fingerprint density at radius 1 is 0.810 bits per heavy atom. The van der Waals surface area contributed by atoms with Gasteiger partial charge in [0.05, 0.1) is 0 Å². The molecule has 0 saturated heterocycles. The van der Waals surface area contributed by atoms with E-state index in [1.165, 1.54) is 6.07 Å². The van der Waals surface area contributed by atoms with E-state index in [0.717, 1.165) is 0 Å². The third-order valence-electron chi connectivity index (χ3n) is 2.80. The van der Waals surface area contributed by atoms with Gasteiger partial charge >= 0.3 is 0 Å². The molecule has 0 aliphatic heterocycles. The molecule has 0 aliphatic rings. The lowest BCUT2D eigenvalue weighted by molar-refractivity contribution is 0.477. The maximum Gasteiger partial charge on any atom is 0.269 e. The number of benzene rings is 2. The van der Waals surface area contributed by atoms with Gasteiger partial charge in [0.25, 0.3) is 20.2 Å². The molecule has 0 aliphatic carbocycles. The maximum absolute atomic E-state index is 11.1. The summed E-state index contributed by atoms with van der Waals surface area (Å²) in [6.07, 6.45) is 0. The molecule has 7 nitrogen and oxygen atoms in total. The van der Waals surface area contributed by atoms with Gasteiger partial charge in [0.2, 0.25) is 0 Å². The highest BCUT2D eigenvalue weighted by Gasteiger charge is 2.17. The summed E-state index contributed by atoms with van der Waals surface area (Å²) in [5, 5.41) is 1.23. The molecule has 21 heavy (non-hydrogen) atoms. The molecule has 0 radical (unpaired) electrons. The minimum atomic E-state index is -4.32. The molecule has 0 spiro atoms. The molecule has 9 heteroatoms. The van der Waals surface area contributed by atoms with Gasteiger partial charge in [0.15, 0.2) is 0 Å². The van der Waals surface area contributed by atoms with Gasteiger partial charge < -0.3 is 5.48 Å². The largest absolute Gasteiger partial charge is 0.412 e. The normalized spacial score (nSPS) is 12.1. The first kappa shape index (κ1) is 17.5. The summed E-state index contributed by atoms with van der Waals surface area (Å²) < 4.78 is 62.1. The van der Waals surface area contributed by atoms with Crippen LogP contribution >= 0.6 is 0 Å². The molecule has 0 heterocycles. The third-order valence-corrected chi connectivity index (χ3v) is 4.13. The van der Waals surface area contributed by atoms with E-state index < -0.39 is 31.7 Å². The van der Waals surface area contributed by atoms with Gasteiger partial charge in [0, 0.05) is 0 Å². The van der Waals surface area contributed by atoms with Crippen molar-refractivity contribution in [1.29, 1.82) is 0 Å². The van der Waals surface area contributed by atoms with Gasteiger partial charge in [-0.3, -0.25) is 9.11 Å². The van der Waals surface area contributed by atoms with Crippen LogP contribution in [0.3, 0.4) is 0 Å². The summed E-state index contributed by atoms with van der Waals surface area (Å²) in [6.45, 7) is 0. The number of rotatable bonds is 4. The van der Waals surface area contributed by atoms with Crippen molar-refractivity contribution in [2.45, 2.75) is 11.5 Å². The molecule has 0 unspecified atom stereocenters. The van der Waals surface area contributed by atoms with E-state index in [2.05, 4.69) is 0 Å². The smallest absolute Gasteiger partial charge is 0.269 e. The van der Waals surface area contributed by atoms with E-state index in [-0.39, 0.29) is 16.6 Å². The number of fused-ring (bicyclic) bond motifs is 1. The van der Waals surface area contributed by atoms with E-state index in [9.17, 15) is 16.8 Å². The van der Waals surface area contributed by atoms with E-state index >= 15 is 0 Å². The fourth-order valence-corrected chi connectivity index (χ4v) is 3.43. The fraction of sp³-hybridized carbons (Fsp3) is 0.167. The van der Waals surface area contributed by atoms with Crippen LogP contribution in [0, 0.1) is 0 Å². The fourth-order valence-electron chi connectivity index (χ4n) is 2.07. The average molecular weight is 334 g/mol. The first-order chi connectivity index (χ1) is 9.16. The predicted molar refractivity (Wildman–Crippen MR) is 78.1 cm³/mol. The first-order valence-corrected chi connectivity index (χ1v) is 8.77. The summed E-state index contributed by atoms with van der Waals surface area (Å²) in [4.78, 5) is 0. The first-order valence-electron chi connectivity index (χ1n) is 5.55. The van der Waals surface area contributed by atoms with E-state index in [1.807, 2.05) is 0 Å². The quantitative estimate of drug-likeness (QED) is 0.792. The van der Waals surface area contributed by atoms with Gasteiger partial charge in [0.1, 0.15) is 11.5 Å². The molecule has 0 aromatic heterocycles. The molecular weight excluding hydrogens is 320 g/mol. The molecule has 2 rings (SSSR count). The number of hydrogen-bond acceptors (Lipinski definition) is 4. The Morgan fingerprint density at radius 2 is 1.38 bits per heavy atom. The summed E-state index contributed by atoms with van der Waals surface area (Å²) >= 11 is 0. The highest BCUT2D eigenvalue weighted by molar-refractivity contribution is 7.85. The minimum absolute atomic E-state index is 0. The van der Waals surface area contributed by atoms with Crippen LogP contribution in [0.25, 0.3) is 10.8 Å². The van der Waals surface area contributed by atoms with Crippen molar-refractivity contribution < 1.29 is 31.4 Å². The van der Waals surface area contributed by atoms with E-state index in [1.54, 1.807) is 30.3 Å². The van der Waals surface area contributed by atoms with Crippen LogP contribution in [0.1, 0.15) is 11.1 Å². The Bertz CT molecular complexity index is 854. The lowest BCUT2D eigenvalue weighted by atomic mass is 10.0. The van der Waals surface area contributed by atoms with Crippen molar-refractivity contribution >= 4 is 31.0 Å². The summed E-state index contributed by atoms with van der Waals surface area (Å²) in [5.41, 5.74) is 0.312. The minimum Gasteiger partial charge on any atom is -0.412 e. The Balaban J connectivity index is 0.00000220. The van der Waals surface area contributed by atoms with Crippen molar-refractivity contribution in [2.75, 3.05) is 0 Å². The van der Waals surface area contributed by atoms with Crippen LogP contribution in [-0.4, -0.2) is 31.4 Å². The van der Waals surface area contributed by atoms with Crippen molar-refractivity contribution in [3.63, 3.8) is 0 Å². The molecule has 0 saturated carbocycles. The average Bonchev–Trinajstić information content (AvgIpc) is 2.29. The molecule has 0 amide bonds. The summed E-state index contributed by atoms with van der Waals surface area (Å²) in [6, 6.07) is 9.85. The molecule has 4 N–H and O–H groups in total. The standard InChI is InChI=1S/C12H12O6S2.H2O/c13-19(14,15)7-10-6-5-9-3-1-2-4-11(9)12(10)8-20(16,17)18;/h1-6H,7-8H2,(H,13,14,15)(H,16,17,18);1H2. The Labute approximate surface area is 122 Å². The lowest BCUT2D eigenvalue weighted by Crippen LogP contribution is -2.09. The third kappa shape index (κ3) is 4.76. The predicted octanol–water partition coefficient (Wildman–Crippen LogP) is 0.791. The molecule has 116 valence electrons. The maximum atomic E-state index is 11.1. The van der Waals surface area contributed by atoms with Crippen LogP contribution in [-0.2, 0) is 31.7 Å². The van der Waals surface area contributed by atoms with Gasteiger partial charge in [-0.2, -0.15) is 16.8 Å². The van der Waals surface area contributed by atoms with E-state index in [0.29, 0.717) is 10.8 Å². The Hall–Kier alpha value is -1.52. The van der Waals surface area contributed by atoms with Crippen molar-refractivity contribution in [2.24, 2.45) is 0 Å². The zero-order chi connectivity index (χ0) is 15.0. The molecule has 0 atom stereocenters. The van der Waals surface area contributed by atoms with Gasteiger partial charge in [-0.05, 0) is 21.9 Å².